The zero-order valence-corrected chi connectivity index (χ0v) is 12.4. The molecule has 1 heterocycles. The maximum absolute atomic E-state index is 12.5. The van der Waals surface area contributed by atoms with Crippen molar-refractivity contribution in [3.63, 3.8) is 0 Å². The number of carboxylic acid groups (broad SMARTS) is 1. The average molecular weight is 310 g/mol. The number of benzene rings is 2. The Morgan fingerprint density at radius 3 is 2.57 bits per heavy atom. The van der Waals surface area contributed by atoms with Gasteiger partial charge in [-0.15, -0.1) is 0 Å². The standard InChI is InChI=1S/C18H14O5/c1-22-14-8-7-12(9-16(20)21)18-17(14)13(19)10-15(23-18)11-5-3-2-4-6-11/h2-8,10H,9H2,1H3,(H,20,21). The first-order valence-electron chi connectivity index (χ1n) is 7.01. The van der Waals surface area contributed by atoms with Gasteiger partial charge in [0.2, 0.25) is 0 Å². The third-order valence-corrected chi connectivity index (χ3v) is 3.54. The van der Waals surface area contributed by atoms with Crippen LogP contribution >= 0.6 is 0 Å². The van der Waals surface area contributed by atoms with Crippen molar-refractivity contribution < 1.29 is 19.1 Å². The molecule has 0 aliphatic carbocycles. The predicted octanol–water partition coefficient (Wildman–Crippen LogP) is 3.10. The van der Waals surface area contributed by atoms with Gasteiger partial charge < -0.3 is 14.3 Å². The van der Waals surface area contributed by atoms with Crippen molar-refractivity contribution in [2.75, 3.05) is 7.11 Å². The van der Waals surface area contributed by atoms with Crippen LogP contribution in [-0.2, 0) is 11.2 Å². The lowest BCUT2D eigenvalue weighted by Gasteiger charge is -2.10. The molecule has 0 amide bonds. The molecule has 1 aromatic heterocycles. The summed E-state index contributed by atoms with van der Waals surface area (Å²) >= 11 is 0. The molecule has 3 aromatic rings. The first-order chi connectivity index (χ1) is 11.1. The van der Waals surface area contributed by atoms with E-state index in [2.05, 4.69) is 0 Å². The van der Waals surface area contributed by atoms with Crippen LogP contribution in [0.4, 0.5) is 0 Å². The molecule has 23 heavy (non-hydrogen) atoms. The number of carboxylic acids is 1. The maximum atomic E-state index is 12.5. The molecule has 0 unspecified atom stereocenters. The monoisotopic (exact) mass is 310 g/mol. The Balaban J connectivity index is 2.32. The van der Waals surface area contributed by atoms with Crippen LogP contribution in [0.3, 0.4) is 0 Å². The Morgan fingerprint density at radius 2 is 1.91 bits per heavy atom. The number of ether oxygens (including phenoxy) is 1. The number of fused-ring (bicyclic) bond motifs is 1. The van der Waals surface area contributed by atoms with Gasteiger partial charge in [-0.25, -0.2) is 0 Å². The van der Waals surface area contributed by atoms with Crippen molar-refractivity contribution in [3.05, 3.63) is 64.3 Å². The van der Waals surface area contributed by atoms with E-state index < -0.39 is 5.97 Å². The van der Waals surface area contributed by atoms with Gasteiger partial charge in [-0.05, 0) is 6.07 Å². The van der Waals surface area contributed by atoms with Gasteiger partial charge in [-0.1, -0.05) is 36.4 Å². The van der Waals surface area contributed by atoms with Gasteiger partial charge in [0.15, 0.2) is 5.43 Å². The van der Waals surface area contributed by atoms with E-state index in [1.165, 1.54) is 13.2 Å². The van der Waals surface area contributed by atoms with E-state index in [4.69, 9.17) is 14.3 Å². The Kier molecular flexibility index (Phi) is 3.85. The normalized spacial score (nSPS) is 10.7. The van der Waals surface area contributed by atoms with Gasteiger partial charge in [0, 0.05) is 17.2 Å². The molecule has 2 aromatic carbocycles. The van der Waals surface area contributed by atoms with Crippen LogP contribution in [-0.4, -0.2) is 18.2 Å². The van der Waals surface area contributed by atoms with E-state index in [0.29, 0.717) is 17.1 Å². The highest BCUT2D eigenvalue weighted by Gasteiger charge is 2.16. The summed E-state index contributed by atoms with van der Waals surface area (Å²) in [5.41, 5.74) is 1.16. The first kappa shape index (κ1) is 14.8. The van der Waals surface area contributed by atoms with Crippen molar-refractivity contribution in [1.29, 1.82) is 0 Å². The van der Waals surface area contributed by atoms with Crippen LogP contribution in [0.15, 0.2) is 57.7 Å². The molecular formula is C18H14O5. The Labute approximate surface area is 131 Å². The Hall–Kier alpha value is -3.08. The van der Waals surface area contributed by atoms with Crippen LogP contribution in [0, 0.1) is 0 Å². The van der Waals surface area contributed by atoms with Crippen LogP contribution in [0.5, 0.6) is 5.75 Å². The summed E-state index contributed by atoms with van der Waals surface area (Å²) in [7, 11) is 1.45. The van der Waals surface area contributed by atoms with Gasteiger partial charge in [-0.2, -0.15) is 0 Å². The molecule has 116 valence electrons. The molecule has 0 saturated carbocycles. The van der Waals surface area contributed by atoms with Crippen molar-refractivity contribution in [3.8, 4) is 17.1 Å². The zero-order chi connectivity index (χ0) is 16.4. The third kappa shape index (κ3) is 2.81. The predicted molar refractivity (Wildman–Crippen MR) is 85.8 cm³/mol. The lowest BCUT2D eigenvalue weighted by atomic mass is 10.1. The van der Waals surface area contributed by atoms with E-state index in [-0.39, 0.29) is 22.8 Å². The Morgan fingerprint density at radius 1 is 1.17 bits per heavy atom. The highest BCUT2D eigenvalue weighted by atomic mass is 16.5. The summed E-state index contributed by atoms with van der Waals surface area (Å²) in [6.45, 7) is 0. The highest BCUT2D eigenvalue weighted by Crippen LogP contribution is 2.30. The quantitative estimate of drug-likeness (QED) is 0.801. The third-order valence-electron chi connectivity index (χ3n) is 3.54. The van der Waals surface area contributed by atoms with Crippen molar-refractivity contribution in [2.24, 2.45) is 0 Å². The van der Waals surface area contributed by atoms with Crippen molar-refractivity contribution in [1.82, 2.24) is 0 Å². The molecule has 0 aliphatic rings. The average Bonchev–Trinajstić information content (AvgIpc) is 2.55. The second-order valence-corrected chi connectivity index (χ2v) is 5.04. The number of aliphatic carboxylic acids is 1. The number of carbonyl (C=O) groups is 1. The minimum Gasteiger partial charge on any atom is -0.496 e. The largest absolute Gasteiger partial charge is 0.496 e. The van der Waals surface area contributed by atoms with E-state index in [1.807, 2.05) is 30.3 Å². The summed E-state index contributed by atoms with van der Waals surface area (Å²) in [4.78, 5) is 23.6. The van der Waals surface area contributed by atoms with Crippen LogP contribution in [0.25, 0.3) is 22.3 Å². The fraction of sp³-hybridized carbons (Fsp3) is 0.111. The molecule has 5 nitrogen and oxygen atoms in total. The molecule has 0 fully saturated rings. The lowest BCUT2D eigenvalue weighted by Crippen LogP contribution is -2.07. The molecule has 0 atom stereocenters. The fourth-order valence-electron chi connectivity index (χ4n) is 2.51. The molecule has 0 bridgehead atoms. The Bertz CT molecular complexity index is 925. The molecular weight excluding hydrogens is 296 g/mol. The van der Waals surface area contributed by atoms with Crippen LogP contribution in [0.2, 0.25) is 0 Å². The highest BCUT2D eigenvalue weighted by molar-refractivity contribution is 5.89. The van der Waals surface area contributed by atoms with Crippen LogP contribution < -0.4 is 10.2 Å². The number of hydrogen-bond donors (Lipinski definition) is 1. The minimum atomic E-state index is -0.996. The van der Waals surface area contributed by atoms with Crippen molar-refractivity contribution >= 4 is 16.9 Å². The van der Waals surface area contributed by atoms with Gasteiger partial charge in [0.25, 0.3) is 0 Å². The molecule has 0 spiro atoms. The van der Waals surface area contributed by atoms with Gasteiger partial charge in [-0.3, -0.25) is 9.59 Å². The summed E-state index contributed by atoms with van der Waals surface area (Å²) in [5.74, 6) is -0.241. The number of rotatable bonds is 4. The summed E-state index contributed by atoms with van der Waals surface area (Å²) in [6, 6.07) is 13.8. The number of methoxy groups -OCH3 is 1. The van der Waals surface area contributed by atoms with Gasteiger partial charge >= 0.3 is 5.97 Å². The molecule has 0 saturated heterocycles. The van der Waals surface area contributed by atoms with Crippen LogP contribution in [0.1, 0.15) is 5.56 Å². The van der Waals surface area contributed by atoms with E-state index in [0.717, 1.165) is 5.56 Å². The van der Waals surface area contributed by atoms with Gasteiger partial charge in [0.1, 0.15) is 22.5 Å². The smallest absolute Gasteiger partial charge is 0.307 e. The second-order valence-electron chi connectivity index (χ2n) is 5.04. The van der Waals surface area contributed by atoms with Crippen molar-refractivity contribution in [2.45, 2.75) is 6.42 Å². The SMILES string of the molecule is COc1ccc(CC(=O)O)c2oc(-c3ccccc3)cc(=O)c12. The first-order valence-corrected chi connectivity index (χ1v) is 7.01. The fourth-order valence-corrected chi connectivity index (χ4v) is 2.51. The molecule has 0 aliphatic heterocycles. The summed E-state index contributed by atoms with van der Waals surface area (Å²) < 4.78 is 11.1. The maximum Gasteiger partial charge on any atom is 0.307 e. The zero-order valence-electron chi connectivity index (χ0n) is 12.4. The molecule has 0 radical (unpaired) electrons. The summed E-state index contributed by atoms with van der Waals surface area (Å²) in [5, 5.41) is 9.31. The summed E-state index contributed by atoms with van der Waals surface area (Å²) in [6.07, 6.45) is -0.234. The molecule has 1 N–H and O–H groups in total. The second kappa shape index (κ2) is 5.96. The molecule has 5 heteroatoms. The van der Waals surface area contributed by atoms with E-state index in [9.17, 15) is 9.59 Å². The minimum absolute atomic E-state index is 0.234. The topological polar surface area (TPSA) is 76.7 Å². The lowest BCUT2D eigenvalue weighted by molar-refractivity contribution is -0.136. The van der Waals surface area contributed by atoms with E-state index >= 15 is 0 Å². The molecule has 3 rings (SSSR count). The van der Waals surface area contributed by atoms with Gasteiger partial charge in [0.05, 0.1) is 13.5 Å². The number of hydrogen-bond acceptors (Lipinski definition) is 4. The van der Waals surface area contributed by atoms with E-state index in [1.54, 1.807) is 12.1 Å².